The minimum absolute atomic E-state index is 0.0135. The van der Waals surface area contributed by atoms with Crippen molar-refractivity contribution in [1.29, 1.82) is 0 Å². The Labute approximate surface area is 197 Å². The Kier molecular flexibility index (Phi) is 7.33. The molecule has 0 aliphatic heterocycles. The number of hydrogen-bond acceptors (Lipinski definition) is 6. The average molecular weight is 466 g/mol. The van der Waals surface area contributed by atoms with Crippen molar-refractivity contribution in [2.45, 2.75) is 44.8 Å². The Morgan fingerprint density at radius 2 is 1.91 bits per heavy atom. The maximum absolute atomic E-state index is 12.5. The number of hydrogen-bond donors (Lipinski definition) is 1. The molecule has 0 aliphatic carbocycles. The van der Waals surface area contributed by atoms with Gasteiger partial charge in [0.2, 0.25) is 5.91 Å². The number of aromatic nitrogens is 3. The molecular weight excluding hydrogens is 438 g/mol. The van der Waals surface area contributed by atoms with Crippen molar-refractivity contribution in [1.82, 2.24) is 14.8 Å². The highest BCUT2D eigenvalue weighted by molar-refractivity contribution is 7.99. The van der Waals surface area contributed by atoms with Gasteiger partial charge in [0, 0.05) is 29.9 Å². The first-order chi connectivity index (χ1) is 15.6. The molecule has 1 aromatic heterocycles. The first-order valence-electron chi connectivity index (χ1n) is 10.4. The van der Waals surface area contributed by atoms with Gasteiger partial charge in [-0.15, -0.1) is 16.8 Å². The van der Waals surface area contributed by atoms with Crippen molar-refractivity contribution in [2.24, 2.45) is 0 Å². The number of carbonyl (C=O) groups is 1. The number of nitro groups is 1. The predicted molar refractivity (Wildman–Crippen MR) is 132 cm³/mol. The molecule has 3 rings (SSSR count). The number of carbonyl (C=O) groups excluding carboxylic acids is 1. The van der Waals surface area contributed by atoms with Crippen LogP contribution in [-0.4, -0.2) is 31.3 Å². The maximum Gasteiger partial charge on any atom is 0.269 e. The molecule has 0 saturated carbocycles. The summed E-state index contributed by atoms with van der Waals surface area (Å²) in [5, 5.41) is 22.9. The van der Waals surface area contributed by atoms with Gasteiger partial charge in [0.25, 0.3) is 5.69 Å². The number of aryl methyl sites for hydroxylation is 1. The van der Waals surface area contributed by atoms with Crippen LogP contribution in [0.15, 0.2) is 60.3 Å². The highest BCUT2D eigenvalue weighted by Crippen LogP contribution is 2.28. The monoisotopic (exact) mass is 465 g/mol. The van der Waals surface area contributed by atoms with Gasteiger partial charge in [0.1, 0.15) is 0 Å². The van der Waals surface area contributed by atoms with Crippen molar-refractivity contribution < 1.29 is 9.72 Å². The zero-order valence-electron chi connectivity index (χ0n) is 19.2. The molecule has 0 fully saturated rings. The van der Waals surface area contributed by atoms with Crippen LogP contribution < -0.4 is 5.32 Å². The number of nitro benzene ring substituents is 1. The molecule has 33 heavy (non-hydrogen) atoms. The summed E-state index contributed by atoms with van der Waals surface area (Å²) in [5.74, 6) is 0.597. The van der Waals surface area contributed by atoms with E-state index < -0.39 is 4.92 Å². The summed E-state index contributed by atoms with van der Waals surface area (Å²) in [5.41, 5.74) is 3.38. The molecule has 8 nitrogen and oxygen atoms in total. The van der Waals surface area contributed by atoms with Crippen LogP contribution in [0.5, 0.6) is 0 Å². The van der Waals surface area contributed by atoms with E-state index in [2.05, 4.69) is 55.0 Å². The molecule has 0 aliphatic rings. The van der Waals surface area contributed by atoms with Crippen molar-refractivity contribution in [3.8, 4) is 11.4 Å². The van der Waals surface area contributed by atoms with Crippen LogP contribution in [0.4, 0.5) is 11.4 Å². The van der Waals surface area contributed by atoms with E-state index in [0.29, 0.717) is 28.8 Å². The smallest absolute Gasteiger partial charge is 0.269 e. The van der Waals surface area contributed by atoms with Crippen molar-refractivity contribution >= 4 is 29.0 Å². The number of thioether (sulfide) groups is 1. The number of nitrogens with zero attached hydrogens (tertiary/aromatic N) is 4. The fraction of sp³-hybridized carbons (Fsp3) is 0.292. The molecule has 9 heteroatoms. The maximum atomic E-state index is 12.5. The van der Waals surface area contributed by atoms with E-state index in [4.69, 9.17) is 0 Å². The SMILES string of the molecule is C=CCn1c(SCC(=O)Nc2ccc([N+](=O)[O-])cc2C)nnc1-c1ccc(C(C)(C)C)cc1. The highest BCUT2D eigenvalue weighted by atomic mass is 32.2. The second-order valence-corrected chi connectivity index (χ2v) is 9.57. The first kappa shape index (κ1) is 24.2. The molecule has 0 bridgehead atoms. The third kappa shape index (κ3) is 5.87. The van der Waals surface area contributed by atoms with Crippen LogP contribution in [0.25, 0.3) is 11.4 Å². The number of rotatable bonds is 8. The molecule has 172 valence electrons. The summed E-state index contributed by atoms with van der Waals surface area (Å²) < 4.78 is 1.92. The molecule has 1 N–H and O–H groups in total. The topological polar surface area (TPSA) is 103 Å². The Morgan fingerprint density at radius 1 is 1.21 bits per heavy atom. The van der Waals surface area contributed by atoms with Crippen LogP contribution in [0.2, 0.25) is 0 Å². The standard InChI is InChI=1S/C24H27N5O3S/c1-6-13-28-22(17-7-9-18(10-8-17)24(3,4)5)26-27-23(28)33-15-21(30)25-20-12-11-19(29(31)32)14-16(20)2/h6-12,14H,1,13,15H2,2-5H3,(H,25,30). The molecule has 0 atom stereocenters. The molecule has 2 aromatic carbocycles. The summed E-state index contributed by atoms with van der Waals surface area (Å²) in [6.07, 6.45) is 1.76. The summed E-state index contributed by atoms with van der Waals surface area (Å²) in [6, 6.07) is 12.6. The van der Waals surface area contributed by atoms with Gasteiger partial charge in [-0.05, 0) is 29.5 Å². The van der Waals surface area contributed by atoms with Crippen molar-refractivity contribution in [3.63, 3.8) is 0 Å². The predicted octanol–water partition coefficient (Wildman–Crippen LogP) is 5.38. The zero-order valence-corrected chi connectivity index (χ0v) is 20.0. The molecular formula is C24H27N5O3S. The molecule has 0 radical (unpaired) electrons. The number of benzene rings is 2. The molecule has 0 saturated heterocycles. The van der Waals surface area contributed by atoms with Gasteiger partial charge in [-0.2, -0.15) is 0 Å². The fourth-order valence-corrected chi connectivity index (χ4v) is 3.99. The minimum atomic E-state index is -0.463. The molecule has 0 spiro atoms. The third-order valence-corrected chi connectivity index (χ3v) is 6.03. The minimum Gasteiger partial charge on any atom is -0.325 e. The summed E-state index contributed by atoms with van der Waals surface area (Å²) in [6.45, 7) is 12.6. The summed E-state index contributed by atoms with van der Waals surface area (Å²) >= 11 is 1.27. The van der Waals surface area contributed by atoms with E-state index in [9.17, 15) is 14.9 Å². The number of amides is 1. The van der Waals surface area contributed by atoms with E-state index in [-0.39, 0.29) is 22.8 Å². The summed E-state index contributed by atoms with van der Waals surface area (Å²) in [4.78, 5) is 22.9. The number of non-ortho nitro benzene ring substituents is 1. The van der Waals surface area contributed by atoms with Crippen LogP contribution in [-0.2, 0) is 16.8 Å². The highest BCUT2D eigenvalue weighted by Gasteiger charge is 2.18. The van der Waals surface area contributed by atoms with E-state index in [0.717, 1.165) is 5.56 Å². The zero-order chi connectivity index (χ0) is 24.2. The second kappa shape index (κ2) is 9.99. The summed E-state index contributed by atoms with van der Waals surface area (Å²) in [7, 11) is 0. The third-order valence-electron chi connectivity index (χ3n) is 5.06. The Morgan fingerprint density at radius 3 is 2.48 bits per heavy atom. The molecule has 0 unspecified atom stereocenters. The number of nitrogens with one attached hydrogen (secondary N) is 1. The van der Waals surface area contributed by atoms with Gasteiger partial charge in [-0.25, -0.2) is 0 Å². The van der Waals surface area contributed by atoms with Gasteiger partial charge >= 0.3 is 0 Å². The van der Waals surface area contributed by atoms with Gasteiger partial charge in [0.15, 0.2) is 11.0 Å². The lowest BCUT2D eigenvalue weighted by Gasteiger charge is -2.19. The Hall–Kier alpha value is -3.46. The molecule has 1 heterocycles. The van der Waals surface area contributed by atoms with E-state index in [1.54, 1.807) is 13.0 Å². The van der Waals surface area contributed by atoms with Gasteiger partial charge < -0.3 is 5.32 Å². The lowest BCUT2D eigenvalue weighted by atomic mass is 9.87. The normalized spacial score (nSPS) is 11.3. The molecule has 3 aromatic rings. The van der Waals surface area contributed by atoms with Gasteiger partial charge in [0.05, 0.1) is 10.7 Å². The quantitative estimate of drug-likeness (QED) is 0.207. The van der Waals surface area contributed by atoms with Crippen LogP contribution in [0.3, 0.4) is 0 Å². The van der Waals surface area contributed by atoms with Crippen molar-refractivity contribution in [3.05, 3.63) is 76.4 Å². The first-order valence-corrected chi connectivity index (χ1v) is 11.4. The van der Waals surface area contributed by atoms with E-state index >= 15 is 0 Å². The lowest BCUT2D eigenvalue weighted by Crippen LogP contribution is -2.15. The van der Waals surface area contributed by atoms with Crippen LogP contribution in [0.1, 0.15) is 31.9 Å². The average Bonchev–Trinajstić information content (AvgIpc) is 3.16. The second-order valence-electron chi connectivity index (χ2n) is 8.63. The number of anilines is 1. The van der Waals surface area contributed by atoms with E-state index in [1.165, 1.54) is 35.5 Å². The number of allylic oxidation sites excluding steroid dienone is 1. The molecule has 1 amide bonds. The van der Waals surface area contributed by atoms with Gasteiger partial charge in [-0.1, -0.05) is 62.9 Å². The van der Waals surface area contributed by atoms with Gasteiger partial charge in [-0.3, -0.25) is 19.5 Å². The Balaban J connectivity index is 1.73. The fourth-order valence-electron chi connectivity index (χ4n) is 3.24. The Bertz CT molecular complexity index is 1180. The van der Waals surface area contributed by atoms with E-state index in [1.807, 2.05) is 16.7 Å². The largest absolute Gasteiger partial charge is 0.325 e. The van der Waals surface area contributed by atoms with Crippen molar-refractivity contribution in [2.75, 3.05) is 11.1 Å². The van der Waals surface area contributed by atoms with Crippen LogP contribution in [0, 0.1) is 17.0 Å². The lowest BCUT2D eigenvalue weighted by molar-refractivity contribution is -0.384. The van der Waals surface area contributed by atoms with Crippen LogP contribution >= 0.6 is 11.8 Å².